The van der Waals surface area contributed by atoms with Crippen molar-refractivity contribution in [3.8, 4) is 0 Å². The number of sulfonamides is 1. The van der Waals surface area contributed by atoms with Crippen LogP contribution in [0.1, 0.15) is 49.5 Å². The van der Waals surface area contributed by atoms with Crippen LogP contribution in [0.15, 0.2) is 23.1 Å². The van der Waals surface area contributed by atoms with Gasteiger partial charge >= 0.3 is 0 Å². The summed E-state index contributed by atoms with van der Waals surface area (Å²) >= 11 is 0. The van der Waals surface area contributed by atoms with Crippen LogP contribution in [0.2, 0.25) is 0 Å². The Morgan fingerprint density at radius 2 is 1.92 bits per heavy atom. The fraction of sp³-hybridized carbons (Fsp3) is 0.588. The van der Waals surface area contributed by atoms with E-state index in [-0.39, 0.29) is 29.3 Å². The van der Waals surface area contributed by atoms with Crippen molar-refractivity contribution in [2.75, 3.05) is 6.54 Å². The molecule has 4 N–H and O–H groups in total. The molecule has 0 aromatic heterocycles. The Kier molecular flexibility index (Phi) is 7.03. The average molecular weight is 390 g/mol. The lowest BCUT2D eigenvalue weighted by atomic mass is 10.1. The molecule has 0 aliphatic heterocycles. The van der Waals surface area contributed by atoms with Crippen LogP contribution in [0.4, 0.5) is 0 Å². The molecule has 142 valence electrons. The summed E-state index contributed by atoms with van der Waals surface area (Å²) in [5.74, 6) is 0.200. The summed E-state index contributed by atoms with van der Waals surface area (Å²) in [6.45, 7) is 7.49. The number of hydrogen-bond acceptors (Lipinski definition) is 4. The number of carbonyl (C=O) groups excluding carboxylic acids is 1. The molecule has 6 nitrogen and oxygen atoms in total. The number of hydrogen-bond donors (Lipinski definition) is 3. The van der Waals surface area contributed by atoms with Crippen LogP contribution in [0.25, 0.3) is 0 Å². The molecule has 1 aromatic rings. The van der Waals surface area contributed by atoms with E-state index in [1.54, 1.807) is 33.8 Å². The summed E-state index contributed by atoms with van der Waals surface area (Å²) in [5, 5.41) is 2.81. The van der Waals surface area contributed by atoms with Gasteiger partial charge < -0.3 is 11.1 Å². The SMILES string of the molecule is Cc1ccc(S(=O)(=O)NC(C)(C)C)cc1C(=O)NCC(N)C1CC1.Cl. The zero-order valence-electron chi connectivity index (χ0n) is 15.1. The largest absolute Gasteiger partial charge is 0.350 e. The van der Waals surface area contributed by atoms with Crippen LogP contribution >= 0.6 is 12.4 Å². The molecule has 0 bridgehead atoms. The first-order valence-corrected chi connectivity index (χ1v) is 9.66. The van der Waals surface area contributed by atoms with Crippen molar-refractivity contribution < 1.29 is 13.2 Å². The summed E-state index contributed by atoms with van der Waals surface area (Å²) in [6, 6.07) is 4.54. The first-order valence-electron chi connectivity index (χ1n) is 8.18. The quantitative estimate of drug-likeness (QED) is 0.692. The van der Waals surface area contributed by atoms with Crippen LogP contribution in [-0.2, 0) is 10.0 Å². The van der Waals surface area contributed by atoms with Crippen LogP contribution in [0, 0.1) is 12.8 Å². The number of amides is 1. The van der Waals surface area contributed by atoms with Crippen molar-refractivity contribution in [2.45, 2.75) is 57.0 Å². The number of rotatable bonds is 6. The third kappa shape index (κ3) is 6.26. The topological polar surface area (TPSA) is 101 Å². The lowest BCUT2D eigenvalue weighted by Crippen LogP contribution is -2.41. The molecule has 2 rings (SSSR count). The van der Waals surface area contributed by atoms with Crippen molar-refractivity contribution in [1.82, 2.24) is 10.0 Å². The van der Waals surface area contributed by atoms with Gasteiger partial charge in [-0.15, -0.1) is 12.4 Å². The zero-order chi connectivity index (χ0) is 18.1. The minimum atomic E-state index is -3.68. The number of aryl methyl sites for hydroxylation is 1. The normalized spacial score (nSPS) is 16.0. The van der Waals surface area contributed by atoms with E-state index < -0.39 is 15.6 Å². The van der Waals surface area contributed by atoms with Gasteiger partial charge in [0.25, 0.3) is 5.91 Å². The summed E-state index contributed by atoms with van der Waals surface area (Å²) in [5.41, 5.74) is 6.48. The van der Waals surface area contributed by atoms with E-state index in [4.69, 9.17) is 5.73 Å². The Bertz CT molecular complexity index is 725. The fourth-order valence-corrected chi connectivity index (χ4v) is 3.92. The maximum absolute atomic E-state index is 12.4. The Hall–Kier alpha value is -1.15. The molecule has 1 aliphatic rings. The molecule has 0 saturated heterocycles. The van der Waals surface area contributed by atoms with Crippen LogP contribution < -0.4 is 15.8 Å². The molecule has 1 unspecified atom stereocenters. The van der Waals surface area contributed by atoms with Gasteiger partial charge in [0.1, 0.15) is 0 Å². The second-order valence-electron chi connectivity index (χ2n) is 7.54. The van der Waals surface area contributed by atoms with E-state index in [1.165, 1.54) is 12.1 Å². The monoisotopic (exact) mass is 389 g/mol. The van der Waals surface area contributed by atoms with E-state index >= 15 is 0 Å². The van der Waals surface area contributed by atoms with Crippen molar-refractivity contribution >= 4 is 28.3 Å². The number of nitrogens with one attached hydrogen (secondary N) is 2. The predicted octanol–water partition coefficient (Wildman–Crippen LogP) is 1.96. The van der Waals surface area contributed by atoms with Gasteiger partial charge in [0, 0.05) is 23.7 Å². The van der Waals surface area contributed by atoms with Gasteiger partial charge in [0.15, 0.2) is 0 Å². The fourth-order valence-electron chi connectivity index (χ4n) is 2.47. The molecule has 1 atom stereocenters. The van der Waals surface area contributed by atoms with Crippen molar-refractivity contribution in [3.63, 3.8) is 0 Å². The number of halogens is 1. The molecule has 0 spiro atoms. The van der Waals surface area contributed by atoms with Gasteiger partial charge in [0.2, 0.25) is 10.0 Å². The molecular weight excluding hydrogens is 362 g/mol. The van der Waals surface area contributed by atoms with Crippen molar-refractivity contribution in [3.05, 3.63) is 29.3 Å². The second-order valence-corrected chi connectivity index (χ2v) is 9.23. The highest BCUT2D eigenvalue weighted by Crippen LogP contribution is 2.31. The summed E-state index contributed by atoms with van der Waals surface area (Å²) in [7, 11) is -3.68. The molecule has 1 saturated carbocycles. The highest BCUT2D eigenvalue weighted by Gasteiger charge is 2.29. The molecule has 0 radical (unpaired) electrons. The van der Waals surface area contributed by atoms with E-state index in [1.807, 2.05) is 0 Å². The van der Waals surface area contributed by atoms with Crippen molar-refractivity contribution in [2.24, 2.45) is 11.7 Å². The highest BCUT2D eigenvalue weighted by atomic mass is 35.5. The van der Waals surface area contributed by atoms with Gasteiger partial charge in [-0.25, -0.2) is 13.1 Å². The number of carbonyl (C=O) groups is 1. The summed E-state index contributed by atoms with van der Waals surface area (Å²) in [4.78, 5) is 12.5. The van der Waals surface area contributed by atoms with Gasteiger partial charge in [-0.2, -0.15) is 0 Å². The molecule has 1 fully saturated rings. The Labute approximate surface area is 156 Å². The highest BCUT2D eigenvalue weighted by molar-refractivity contribution is 7.89. The summed E-state index contributed by atoms with van der Waals surface area (Å²) < 4.78 is 27.5. The molecule has 1 aromatic carbocycles. The average Bonchev–Trinajstić information content (AvgIpc) is 3.26. The van der Waals surface area contributed by atoms with Gasteiger partial charge in [-0.3, -0.25) is 4.79 Å². The molecular formula is C17H28ClN3O3S. The van der Waals surface area contributed by atoms with Gasteiger partial charge in [0.05, 0.1) is 4.90 Å². The molecule has 0 heterocycles. The molecule has 25 heavy (non-hydrogen) atoms. The Morgan fingerprint density at radius 3 is 2.44 bits per heavy atom. The first-order chi connectivity index (χ1) is 11.0. The number of benzene rings is 1. The first kappa shape index (κ1) is 21.9. The molecule has 8 heteroatoms. The lowest BCUT2D eigenvalue weighted by Gasteiger charge is -2.21. The minimum Gasteiger partial charge on any atom is -0.350 e. The standard InChI is InChI=1S/C17H27N3O3S.ClH/c1-11-5-8-13(24(22,23)20-17(2,3)4)9-14(11)16(21)19-10-15(18)12-6-7-12;/h5,8-9,12,15,20H,6-7,10,18H2,1-4H3,(H,19,21);1H. The Balaban J connectivity index is 0.00000312. The second kappa shape index (κ2) is 8.03. The van der Waals surface area contributed by atoms with Gasteiger partial charge in [-0.05, 0) is 64.2 Å². The smallest absolute Gasteiger partial charge is 0.251 e. The zero-order valence-corrected chi connectivity index (χ0v) is 16.8. The minimum absolute atomic E-state index is 0. The third-order valence-electron chi connectivity index (χ3n) is 3.93. The predicted molar refractivity (Wildman–Crippen MR) is 102 cm³/mol. The maximum atomic E-state index is 12.4. The van der Waals surface area contributed by atoms with Crippen LogP contribution in [0.5, 0.6) is 0 Å². The van der Waals surface area contributed by atoms with Crippen molar-refractivity contribution in [1.29, 1.82) is 0 Å². The van der Waals surface area contributed by atoms with E-state index in [0.717, 1.165) is 18.4 Å². The number of nitrogens with two attached hydrogens (primary N) is 1. The maximum Gasteiger partial charge on any atom is 0.251 e. The van der Waals surface area contributed by atoms with Crippen LogP contribution in [0.3, 0.4) is 0 Å². The molecule has 1 aliphatic carbocycles. The van der Waals surface area contributed by atoms with E-state index in [0.29, 0.717) is 18.0 Å². The molecule has 1 amide bonds. The Morgan fingerprint density at radius 1 is 1.32 bits per heavy atom. The third-order valence-corrected chi connectivity index (χ3v) is 5.69. The van der Waals surface area contributed by atoms with Crippen LogP contribution in [-0.4, -0.2) is 32.5 Å². The van der Waals surface area contributed by atoms with E-state index in [2.05, 4.69) is 10.0 Å². The van der Waals surface area contributed by atoms with E-state index in [9.17, 15) is 13.2 Å². The lowest BCUT2D eigenvalue weighted by molar-refractivity contribution is 0.0949. The van der Waals surface area contributed by atoms with Gasteiger partial charge in [-0.1, -0.05) is 6.07 Å². The summed E-state index contributed by atoms with van der Waals surface area (Å²) in [6.07, 6.45) is 2.23.